The minimum absolute atomic E-state index is 0.209. The van der Waals surface area contributed by atoms with Crippen LogP contribution in [0.2, 0.25) is 0 Å². The number of fused-ring (bicyclic) bond motifs is 2. The number of hydrogen-bond acceptors (Lipinski definition) is 2. The fourth-order valence-electron chi connectivity index (χ4n) is 5.79. The van der Waals surface area contributed by atoms with Crippen molar-refractivity contribution < 1.29 is 4.42 Å². The summed E-state index contributed by atoms with van der Waals surface area (Å²) in [5.74, 6) is 0. The standard InChI is InChI=1S/C33H25NO/c1-20-14-15-24-27(18-20)33(2,3)26-17-16-23(21-10-6-4-7-11-21)31-28(26)29-30(24)34-19-25(32(29)35-31)22-12-8-5-9-13-22/h4-19H,1-3H3. The summed E-state index contributed by atoms with van der Waals surface area (Å²) in [7, 11) is 0. The Hall–Kier alpha value is -4.17. The first-order valence-electron chi connectivity index (χ1n) is 12.1. The van der Waals surface area contributed by atoms with Crippen LogP contribution in [0.4, 0.5) is 0 Å². The van der Waals surface area contributed by atoms with Crippen molar-refractivity contribution in [3.8, 4) is 33.5 Å². The molecule has 0 saturated heterocycles. The molecule has 4 aromatic carbocycles. The van der Waals surface area contributed by atoms with Crippen LogP contribution in [0.25, 0.3) is 55.4 Å². The zero-order valence-corrected chi connectivity index (χ0v) is 20.1. The molecule has 0 N–H and O–H groups in total. The molecule has 0 radical (unpaired) electrons. The van der Waals surface area contributed by atoms with Crippen LogP contribution in [0, 0.1) is 6.92 Å². The van der Waals surface area contributed by atoms with E-state index in [1.807, 2.05) is 12.3 Å². The molecule has 2 aromatic heterocycles. The quantitative estimate of drug-likeness (QED) is 0.263. The minimum atomic E-state index is -0.209. The third kappa shape index (κ3) is 2.80. The number of rotatable bonds is 2. The van der Waals surface area contributed by atoms with Crippen LogP contribution < -0.4 is 0 Å². The Morgan fingerprint density at radius 3 is 1.97 bits per heavy atom. The number of aromatic nitrogens is 1. The van der Waals surface area contributed by atoms with Crippen molar-refractivity contribution in [3.63, 3.8) is 0 Å². The highest BCUT2D eigenvalue weighted by Gasteiger charge is 2.35. The summed E-state index contributed by atoms with van der Waals surface area (Å²) in [5, 5.41) is 2.30. The second kappa shape index (κ2) is 7.16. The molecule has 1 aliphatic rings. The highest BCUT2D eigenvalue weighted by atomic mass is 16.3. The summed E-state index contributed by atoms with van der Waals surface area (Å²) in [5.41, 5.74) is 12.1. The van der Waals surface area contributed by atoms with E-state index >= 15 is 0 Å². The van der Waals surface area contributed by atoms with Gasteiger partial charge in [-0.2, -0.15) is 0 Å². The monoisotopic (exact) mass is 451 g/mol. The van der Waals surface area contributed by atoms with Gasteiger partial charge < -0.3 is 4.42 Å². The lowest BCUT2D eigenvalue weighted by molar-refractivity contribution is 0.643. The molecule has 0 aliphatic heterocycles. The number of furan rings is 1. The molecule has 0 spiro atoms. The number of hydrogen-bond donors (Lipinski definition) is 0. The lowest BCUT2D eigenvalue weighted by atomic mass is 9.75. The van der Waals surface area contributed by atoms with Gasteiger partial charge in [-0.1, -0.05) is 110 Å². The summed E-state index contributed by atoms with van der Waals surface area (Å²) < 4.78 is 6.87. The van der Waals surface area contributed by atoms with Gasteiger partial charge in [-0.15, -0.1) is 0 Å². The van der Waals surface area contributed by atoms with Gasteiger partial charge in [0.05, 0.1) is 11.1 Å². The molecule has 168 valence electrons. The molecule has 2 heteroatoms. The molecular formula is C33H25NO. The molecule has 1 aliphatic carbocycles. The summed E-state index contributed by atoms with van der Waals surface area (Å²) in [6.07, 6.45) is 1.99. The number of nitrogens with zero attached hydrogens (tertiary/aromatic N) is 1. The summed E-state index contributed by atoms with van der Waals surface area (Å²) in [6.45, 7) is 6.81. The fourth-order valence-corrected chi connectivity index (χ4v) is 5.79. The van der Waals surface area contributed by atoms with Crippen molar-refractivity contribution in [1.29, 1.82) is 0 Å². The first kappa shape index (κ1) is 20.2. The fraction of sp³-hybridized carbons (Fsp3) is 0.121. The molecule has 0 amide bonds. The first-order chi connectivity index (χ1) is 17.0. The van der Waals surface area contributed by atoms with Gasteiger partial charge in [0.2, 0.25) is 0 Å². The molecule has 6 aromatic rings. The van der Waals surface area contributed by atoms with Gasteiger partial charge in [-0.25, -0.2) is 0 Å². The molecular weight excluding hydrogens is 426 g/mol. The van der Waals surface area contributed by atoms with Gasteiger partial charge in [-0.3, -0.25) is 4.98 Å². The van der Waals surface area contributed by atoms with Crippen molar-refractivity contribution in [3.05, 3.63) is 114 Å². The number of benzene rings is 4. The average molecular weight is 452 g/mol. The minimum Gasteiger partial charge on any atom is -0.455 e. The van der Waals surface area contributed by atoms with Crippen molar-refractivity contribution in [1.82, 2.24) is 4.98 Å². The van der Waals surface area contributed by atoms with E-state index in [4.69, 9.17) is 9.40 Å². The Balaban J connectivity index is 1.71. The van der Waals surface area contributed by atoms with E-state index < -0.39 is 0 Å². The third-order valence-corrected chi connectivity index (χ3v) is 7.59. The Morgan fingerprint density at radius 2 is 1.26 bits per heavy atom. The van der Waals surface area contributed by atoms with Gasteiger partial charge in [-0.05, 0) is 29.2 Å². The van der Waals surface area contributed by atoms with E-state index in [1.165, 1.54) is 27.6 Å². The molecule has 7 rings (SSSR count). The van der Waals surface area contributed by atoms with Crippen LogP contribution in [-0.2, 0) is 5.41 Å². The molecule has 0 atom stereocenters. The molecule has 2 heterocycles. The van der Waals surface area contributed by atoms with Crippen LogP contribution in [0.5, 0.6) is 0 Å². The maximum Gasteiger partial charge on any atom is 0.147 e. The van der Waals surface area contributed by atoms with E-state index in [1.54, 1.807) is 0 Å². The van der Waals surface area contributed by atoms with E-state index in [0.29, 0.717) is 0 Å². The van der Waals surface area contributed by atoms with Crippen LogP contribution in [0.1, 0.15) is 30.5 Å². The Bertz CT molecular complexity index is 1760. The van der Waals surface area contributed by atoms with Gasteiger partial charge >= 0.3 is 0 Å². The third-order valence-electron chi connectivity index (χ3n) is 7.59. The average Bonchev–Trinajstić information content (AvgIpc) is 3.26. The Morgan fingerprint density at radius 1 is 0.629 bits per heavy atom. The lowest BCUT2D eigenvalue weighted by Crippen LogP contribution is -2.19. The maximum atomic E-state index is 6.87. The molecule has 35 heavy (non-hydrogen) atoms. The maximum absolute atomic E-state index is 6.87. The second-order valence-corrected chi connectivity index (χ2v) is 10.1. The molecule has 0 fully saturated rings. The molecule has 0 saturated carbocycles. The zero-order chi connectivity index (χ0) is 23.7. The van der Waals surface area contributed by atoms with Crippen molar-refractivity contribution in [2.45, 2.75) is 26.2 Å². The molecule has 0 unspecified atom stereocenters. The highest BCUT2D eigenvalue weighted by Crippen LogP contribution is 2.52. The van der Waals surface area contributed by atoms with Crippen molar-refractivity contribution >= 4 is 21.9 Å². The van der Waals surface area contributed by atoms with E-state index in [-0.39, 0.29) is 5.41 Å². The van der Waals surface area contributed by atoms with Crippen LogP contribution in [-0.4, -0.2) is 4.98 Å². The smallest absolute Gasteiger partial charge is 0.147 e. The predicted molar refractivity (Wildman–Crippen MR) is 145 cm³/mol. The zero-order valence-electron chi connectivity index (χ0n) is 20.1. The number of pyridine rings is 1. The topological polar surface area (TPSA) is 26.0 Å². The van der Waals surface area contributed by atoms with Gasteiger partial charge in [0.25, 0.3) is 0 Å². The largest absolute Gasteiger partial charge is 0.455 e. The summed E-state index contributed by atoms with van der Waals surface area (Å²) in [6, 6.07) is 32.3. The summed E-state index contributed by atoms with van der Waals surface area (Å²) >= 11 is 0. The SMILES string of the molecule is Cc1ccc2c(c1)C(C)(C)c1ccc(-c3ccccc3)c3oc4c(-c5ccccc5)cnc-2c4c13. The molecule has 2 nitrogen and oxygen atoms in total. The van der Waals surface area contributed by atoms with E-state index in [9.17, 15) is 0 Å². The number of aryl methyl sites for hydroxylation is 1. The predicted octanol–water partition coefficient (Wildman–Crippen LogP) is 8.93. The van der Waals surface area contributed by atoms with Gasteiger partial charge in [0, 0.05) is 33.7 Å². The van der Waals surface area contributed by atoms with Crippen molar-refractivity contribution in [2.75, 3.05) is 0 Å². The normalized spacial score (nSPS) is 13.8. The summed E-state index contributed by atoms with van der Waals surface area (Å²) in [4.78, 5) is 5.11. The highest BCUT2D eigenvalue weighted by molar-refractivity contribution is 6.20. The Kier molecular flexibility index (Phi) is 4.14. The second-order valence-electron chi connectivity index (χ2n) is 10.1. The van der Waals surface area contributed by atoms with Gasteiger partial charge in [0.1, 0.15) is 11.2 Å². The first-order valence-corrected chi connectivity index (χ1v) is 12.1. The van der Waals surface area contributed by atoms with Gasteiger partial charge in [0.15, 0.2) is 0 Å². The van der Waals surface area contributed by atoms with Crippen molar-refractivity contribution in [2.24, 2.45) is 0 Å². The van der Waals surface area contributed by atoms with Crippen LogP contribution >= 0.6 is 0 Å². The van der Waals surface area contributed by atoms with Crippen LogP contribution in [0.3, 0.4) is 0 Å². The van der Waals surface area contributed by atoms with E-state index in [2.05, 4.69) is 106 Å². The Labute approximate surface area is 204 Å². The molecule has 0 bridgehead atoms. The lowest BCUT2D eigenvalue weighted by Gasteiger charge is -2.28. The van der Waals surface area contributed by atoms with Crippen LogP contribution in [0.15, 0.2) is 102 Å². The van der Waals surface area contributed by atoms with E-state index in [0.717, 1.165) is 44.5 Å².